The van der Waals surface area contributed by atoms with Gasteiger partial charge in [-0.25, -0.2) is 14.8 Å². The molecule has 9 nitrogen and oxygen atoms in total. The Labute approximate surface area is 223 Å². The van der Waals surface area contributed by atoms with Crippen LogP contribution in [-0.4, -0.2) is 73.7 Å². The monoisotopic (exact) mass is 518 g/mol. The Kier molecular flexibility index (Phi) is 7.53. The van der Waals surface area contributed by atoms with Gasteiger partial charge in [-0.15, -0.1) is 0 Å². The first-order valence-electron chi connectivity index (χ1n) is 13.8. The summed E-state index contributed by atoms with van der Waals surface area (Å²) < 4.78 is 2.23. The van der Waals surface area contributed by atoms with Gasteiger partial charge in [0.1, 0.15) is 11.3 Å². The fraction of sp³-hybridized carbons (Fsp3) is 0.517. The predicted octanol–water partition coefficient (Wildman–Crippen LogP) is 4.45. The van der Waals surface area contributed by atoms with Crippen molar-refractivity contribution in [2.75, 3.05) is 31.5 Å². The number of rotatable bonds is 6. The Balaban J connectivity index is 1.15. The number of pyridine rings is 1. The zero-order valence-corrected chi connectivity index (χ0v) is 22.6. The smallest absolute Gasteiger partial charge is 0.407 e. The highest BCUT2D eigenvalue weighted by Gasteiger charge is 2.31. The molecule has 1 saturated carbocycles. The van der Waals surface area contributed by atoms with Crippen LogP contribution in [0.1, 0.15) is 55.3 Å². The van der Waals surface area contributed by atoms with E-state index in [1.165, 1.54) is 10.5 Å². The number of aryl methyl sites for hydroxylation is 3. The van der Waals surface area contributed by atoms with Crippen LogP contribution in [0, 0.1) is 19.8 Å². The van der Waals surface area contributed by atoms with Gasteiger partial charge in [0.15, 0.2) is 5.65 Å². The molecule has 2 aliphatic rings. The van der Waals surface area contributed by atoms with E-state index < -0.39 is 6.09 Å². The first kappa shape index (κ1) is 26.0. The van der Waals surface area contributed by atoms with Crippen LogP contribution in [0.25, 0.3) is 11.2 Å². The normalized spacial score (nSPS) is 20.1. The van der Waals surface area contributed by atoms with Crippen molar-refractivity contribution in [2.45, 2.75) is 65.5 Å². The summed E-state index contributed by atoms with van der Waals surface area (Å²) in [6.07, 6.45) is 3.61. The number of aromatic nitrogens is 3. The van der Waals surface area contributed by atoms with Gasteiger partial charge in [0.05, 0.1) is 6.54 Å². The second kappa shape index (κ2) is 11.0. The number of hydrogen-bond acceptors (Lipinski definition) is 5. The number of nitrogens with zero attached hydrogens (tertiary/aromatic N) is 5. The molecule has 0 bridgehead atoms. The van der Waals surface area contributed by atoms with Crippen molar-refractivity contribution in [3.8, 4) is 0 Å². The van der Waals surface area contributed by atoms with Crippen molar-refractivity contribution >= 4 is 28.9 Å². The predicted molar refractivity (Wildman–Crippen MR) is 147 cm³/mol. The quantitative estimate of drug-likeness (QED) is 0.500. The molecule has 1 aliphatic carbocycles. The lowest BCUT2D eigenvalue weighted by Crippen LogP contribution is -2.52. The lowest BCUT2D eigenvalue weighted by Gasteiger charge is -2.37. The summed E-state index contributed by atoms with van der Waals surface area (Å²) in [5.41, 5.74) is 6.43. The number of imidazole rings is 1. The van der Waals surface area contributed by atoms with E-state index in [1.54, 1.807) is 0 Å². The number of anilines is 1. The molecule has 5 rings (SSSR count). The molecular formula is C29H38N6O3. The second-order valence-electron chi connectivity index (χ2n) is 10.7. The fourth-order valence-electron chi connectivity index (χ4n) is 5.87. The van der Waals surface area contributed by atoms with Gasteiger partial charge in [-0.2, -0.15) is 0 Å². The number of nitrogens with one attached hydrogen (secondary N) is 1. The molecule has 38 heavy (non-hydrogen) atoms. The van der Waals surface area contributed by atoms with E-state index in [4.69, 9.17) is 15.1 Å². The summed E-state index contributed by atoms with van der Waals surface area (Å²) in [6.45, 7) is 8.81. The molecule has 2 N–H and O–H groups in total. The zero-order valence-electron chi connectivity index (χ0n) is 22.6. The number of amides is 2. The average molecular weight is 519 g/mol. The topological polar surface area (TPSA) is 104 Å². The minimum Gasteiger partial charge on any atom is -0.465 e. The molecular weight excluding hydrogens is 480 g/mol. The number of carbonyl (C=O) groups is 2. The molecule has 202 valence electrons. The fourth-order valence-corrected chi connectivity index (χ4v) is 5.87. The van der Waals surface area contributed by atoms with E-state index in [2.05, 4.69) is 54.1 Å². The summed E-state index contributed by atoms with van der Waals surface area (Å²) in [7, 11) is 0. The summed E-state index contributed by atoms with van der Waals surface area (Å²) in [6, 6.07) is 11.1. The molecule has 9 heteroatoms. The molecule has 3 aromatic rings. The molecule has 3 heterocycles. The van der Waals surface area contributed by atoms with Crippen LogP contribution in [-0.2, 0) is 17.8 Å². The van der Waals surface area contributed by atoms with Gasteiger partial charge in [0, 0.05) is 55.9 Å². The van der Waals surface area contributed by atoms with Gasteiger partial charge >= 0.3 is 6.09 Å². The Bertz CT molecular complexity index is 1300. The number of piperazine rings is 1. The largest absolute Gasteiger partial charge is 0.465 e. The van der Waals surface area contributed by atoms with Gasteiger partial charge in [-0.05, 0) is 68.9 Å². The maximum absolute atomic E-state index is 13.0. The molecule has 1 saturated heterocycles. The minimum absolute atomic E-state index is 0.0467. The summed E-state index contributed by atoms with van der Waals surface area (Å²) in [4.78, 5) is 36.9. The van der Waals surface area contributed by atoms with Gasteiger partial charge in [0.2, 0.25) is 5.91 Å². The standard InChI is InChI=1S/C29H38N6O3/c1-4-25-32-26-19(2)17-20(3)30-27(26)35(25)18-21-5-9-23(10-6-21)31-24-11-7-22(8-12-24)28(36)33-13-15-34(16-14-33)29(37)38/h5-6,9-10,17,22,24,31H,4,7-8,11-16,18H2,1-3H3,(H,37,38). The van der Waals surface area contributed by atoms with Gasteiger partial charge in [-0.1, -0.05) is 19.1 Å². The Hall–Kier alpha value is -3.62. The summed E-state index contributed by atoms with van der Waals surface area (Å²) in [5.74, 6) is 1.29. The van der Waals surface area contributed by atoms with Crippen molar-refractivity contribution < 1.29 is 14.7 Å². The molecule has 0 unspecified atom stereocenters. The summed E-state index contributed by atoms with van der Waals surface area (Å²) >= 11 is 0. The number of carboxylic acid groups (broad SMARTS) is 1. The highest BCUT2D eigenvalue weighted by atomic mass is 16.4. The number of carbonyl (C=O) groups excluding carboxylic acids is 1. The van der Waals surface area contributed by atoms with E-state index in [1.807, 2.05) is 11.8 Å². The van der Waals surface area contributed by atoms with E-state index in [-0.39, 0.29) is 11.8 Å². The highest BCUT2D eigenvalue weighted by Crippen LogP contribution is 2.29. The van der Waals surface area contributed by atoms with E-state index in [9.17, 15) is 9.59 Å². The first-order chi connectivity index (χ1) is 18.3. The minimum atomic E-state index is -0.903. The summed E-state index contributed by atoms with van der Waals surface area (Å²) in [5, 5.41) is 12.8. The van der Waals surface area contributed by atoms with Gasteiger partial charge in [-0.3, -0.25) is 4.79 Å². The van der Waals surface area contributed by atoms with Crippen molar-refractivity contribution in [1.82, 2.24) is 24.3 Å². The SMILES string of the molecule is CCc1nc2c(C)cc(C)nc2n1Cc1ccc(NC2CCC(C(=O)N3CCN(C(=O)O)CC3)CC2)cc1. The maximum Gasteiger partial charge on any atom is 0.407 e. The van der Waals surface area contributed by atoms with Crippen molar-refractivity contribution in [2.24, 2.45) is 5.92 Å². The third-order valence-corrected chi connectivity index (χ3v) is 8.02. The van der Waals surface area contributed by atoms with Crippen LogP contribution in [0.2, 0.25) is 0 Å². The molecule has 2 aromatic heterocycles. The molecule has 1 aliphatic heterocycles. The lowest BCUT2D eigenvalue weighted by molar-refractivity contribution is -0.138. The molecule has 0 radical (unpaired) electrons. The third-order valence-electron chi connectivity index (χ3n) is 8.02. The van der Waals surface area contributed by atoms with Crippen molar-refractivity contribution in [1.29, 1.82) is 0 Å². The van der Waals surface area contributed by atoms with Gasteiger partial charge in [0.25, 0.3) is 0 Å². The van der Waals surface area contributed by atoms with E-state index in [0.717, 1.165) is 72.6 Å². The molecule has 2 fully saturated rings. The van der Waals surface area contributed by atoms with Crippen LogP contribution in [0.5, 0.6) is 0 Å². The highest BCUT2D eigenvalue weighted by molar-refractivity contribution is 5.79. The molecule has 2 amide bonds. The Morgan fingerprint density at radius 3 is 2.26 bits per heavy atom. The van der Waals surface area contributed by atoms with Crippen molar-refractivity contribution in [3.63, 3.8) is 0 Å². The first-order valence-corrected chi connectivity index (χ1v) is 13.8. The van der Waals surface area contributed by atoms with Crippen LogP contribution >= 0.6 is 0 Å². The van der Waals surface area contributed by atoms with Crippen LogP contribution in [0.3, 0.4) is 0 Å². The van der Waals surface area contributed by atoms with Crippen molar-refractivity contribution in [3.05, 3.63) is 53.0 Å². The van der Waals surface area contributed by atoms with Crippen LogP contribution in [0.15, 0.2) is 30.3 Å². The van der Waals surface area contributed by atoms with E-state index in [0.29, 0.717) is 32.2 Å². The van der Waals surface area contributed by atoms with Crippen LogP contribution in [0.4, 0.5) is 10.5 Å². The Morgan fingerprint density at radius 2 is 1.63 bits per heavy atom. The number of hydrogen-bond donors (Lipinski definition) is 2. The maximum atomic E-state index is 13.0. The molecule has 0 spiro atoms. The van der Waals surface area contributed by atoms with E-state index >= 15 is 0 Å². The van der Waals surface area contributed by atoms with Gasteiger partial charge < -0.3 is 24.8 Å². The second-order valence-corrected chi connectivity index (χ2v) is 10.7. The zero-order chi connectivity index (χ0) is 26.8. The third kappa shape index (κ3) is 5.47. The number of benzene rings is 1. The number of fused-ring (bicyclic) bond motifs is 1. The molecule has 0 atom stereocenters. The molecule has 1 aromatic carbocycles. The van der Waals surface area contributed by atoms with Crippen LogP contribution < -0.4 is 5.32 Å². The Morgan fingerprint density at radius 1 is 0.974 bits per heavy atom. The lowest BCUT2D eigenvalue weighted by atomic mass is 9.85. The average Bonchev–Trinajstić information content (AvgIpc) is 3.27.